The van der Waals surface area contributed by atoms with Gasteiger partial charge in [-0.15, -0.1) is 0 Å². The van der Waals surface area contributed by atoms with Crippen LogP contribution in [-0.2, 0) is 10.2 Å². The van der Waals surface area contributed by atoms with Crippen molar-refractivity contribution in [3.63, 3.8) is 0 Å². The first-order valence-electron chi connectivity index (χ1n) is 5.51. The standard InChI is InChI=1S/C13H12N2O2/c1-15-11-4-3-9(17-2)5-10(11)13(12(15)16)6-8(13)7-14/h3-5,8H,6H2,1-2H3/t8-,13-/m1/s1. The van der Waals surface area contributed by atoms with Crippen LogP contribution in [0.5, 0.6) is 5.75 Å². The molecule has 2 aliphatic rings. The first kappa shape index (κ1) is 10.2. The van der Waals surface area contributed by atoms with Crippen molar-refractivity contribution in [1.82, 2.24) is 0 Å². The number of carbonyl (C=O) groups is 1. The molecule has 0 bridgehead atoms. The third-order valence-corrected chi connectivity index (χ3v) is 3.85. The highest BCUT2D eigenvalue weighted by Crippen LogP contribution is 2.61. The van der Waals surface area contributed by atoms with Gasteiger partial charge in [0.05, 0.1) is 24.5 Å². The molecular weight excluding hydrogens is 216 g/mol. The summed E-state index contributed by atoms with van der Waals surface area (Å²) in [4.78, 5) is 13.9. The lowest BCUT2D eigenvalue weighted by Crippen LogP contribution is -2.29. The lowest BCUT2D eigenvalue weighted by atomic mass is 9.95. The summed E-state index contributed by atoms with van der Waals surface area (Å²) in [6, 6.07) is 7.82. The third-order valence-electron chi connectivity index (χ3n) is 3.85. The topological polar surface area (TPSA) is 53.3 Å². The molecule has 1 aromatic rings. The van der Waals surface area contributed by atoms with Crippen molar-refractivity contribution < 1.29 is 9.53 Å². The van der Waals surface area contributed by atoms with Crippen molar-refractivity contribution >= 4 is 11.6 Å². The van der Waals surface area contributed by atoms with E-state index in [1.807, 2.05) is 18.2 Å². The van der Waals surface area contributed by atoms with Crippen LogP contribution in [-0.4, -0.2) is 20.1 Å². The van der Waals surface area contributed by atoms with Crippen molar-refractivity contribution in [3.8, 4) is 11.8 Å². The zero-order valence-corrected chi connectivity index (χ0v) is 9.73. The Morgan fingerprint density at radius 2 is 2.35 bits per heavy atom. The number of hydrogen-bond donors (Lipinski definition) is 0. The molecule has 0 radical (unpaired) electrons. The first-order chi connectivity index (χ1) is 8.15. The molecule has 1 aliphatic carbocycles. The molecule has 1 aromatic carbocycles. The SMILES string of the molecule is COc1ccc2c(c1)[C@]1(C[C@@H]1C#N)C(=O)N2C. The number of likely N-dealkylation sites (N-methyl/N-ethyl adjacent to an activating group) is 1. The molecule has 2 atom stereocenters. The quantitative estimate of drug-likeness (QED) is 0.731. The number of rotatable bonds is 1. The predicted octanol–water partition coefficient (Wildman–Crippen LogP) is 1.45. The van der Waals surface area contributed by atoms with E-state index in [0.717, 1.165) is 17.0 Å². The van der Waals surface area contributed by atoms with Crippen molar-refractivity contribution in [2.24, 2.45) is 5.92 Å². The van der Waals surface area contributed by atoms with E-state index in [9.17, 15) is 4.79 Å². The van der Waals surface area contributed by atoms with Gasteiger partial charge in [-0.3, -0.25) is 4.79 Å². The fourth-order valence-electron chi connectivity index (χ4n) is 2.77. The van der Waals surface area contributed by atoms with Crippen LogP contribution in [0.4, 0.5) is 5.69 Å². The van der Waals surface area contributed by atoms with Gasteiger partial charge in [0.25, 0.3) is 0 Å². The van der Waals surface area contributed by atoms with E-state index in [1.54, 1.807) is 19.1 Å². The summed E-state index contributed by atoms with van der Waals surface area (Å²) in [7, 11) is 3.36. The highest BCUT2D eigenvalue weighted by Gasteiger charge is 2.67. The average Bonchev–Trinajstić information content (AvgIpc) is 3.07. The summed E-state index contributed by atoms with van der Waals surface area (Å²) in [6.45, 7) is 0. The van der Waals surface area contributed by atoms with E-state index in [1.165, 1.54) is 0 Å². The number of nitriles is 1. The van der Waals surface area contributed by atoms with E-state index < -0.39 is 5.41 Å². The second-order valence-corrected chi connectivity index (χ2v) is 4.60. The van der Waals surface area contributed by atoms with Crippen LogP contribution in [0, 0.1) is 17.2 Å². The molecule has 0 aromatic heterocycles. The molecule has 4 nitrogen and oxygen atoms in total. The lowest BCUT2D eigenvalue weighted by molar-refractivity contribution is -0.120. The van der Waals surface area contributed by atoms with Crippen LogP contribution in [0.2, 0.25) is 0 Å². The molecule has 4 heteroatoms. The smallest absolute Gasteiger partial charge is 0.238 e. The first-order valence-corrected chi connectivity index (χ1v) is 5.51. The summed E-state index contributed by atoms with van der Waals surface area (Å²) in [5.41, 5.74) is 1.25. The van der Waals surface area contributed by atoms with Crippen LogP contribution < -0.4 is 9.64 Å². The number of ether oxygens (including phenoxy) is 1. The Labute approximate surface area is 99.4 Å². The number of anilines is 1. The van der Waals surface area contributed by atoms with Crippen LogP contribution in [0.15, 0.2) is 18.2 Å². The normalized spacial score (nSPS) is 29.1. The molecule has 1 heterocycles. The van der Waals surface area contributed by atoms with Crippen LogP contribution >= 0.6 is 0 Å². The van der Waals surface area contributed by atoms with E-state index in [2.05, 4.69) is 6.07 Å². The third kappa shape index (κ3) is 1.04. The number of hydrogen-bond acceptors (Lipinski definition) is 3. The summed E-state index contributed by atoms with van der Waals surface area (Å²) in [5.74, 6) is 0.577. The maximum atomic E-state index is 12.2. The molecule has 0 unspecified atom stereocenters. The van der Waals surface area contributed by atoms with Crippen LogP contribution in [0.1, 0.15) is 12.0 Å². The zero-order chi connectivity index (χ0) is 12.2. The maximum absolute atomic E-state index is 12.2. The Hall–Kier alpha value is -2.02. The van der Waals surface area contributed by atoms with Gasteiger partial charge in [0.2, 0.25) is 5.91 Å². The van der Waals surface area contributed by atoms with Gasteiger partial charge in [-0.2, -0.15) is 5.26 Å². The molecule has 17 heavy (non-hydrogen) atoms. The minimum atomic E-state index is -0.590. The molecule has 0 saturated heterocycles. The molecular formula is C13H12N2O2. The molecule has 3 rings (SSSR count). The second-order valence-electron chi connectivity index (χ2n) is 4.60. The van der Waals surface area contributed by atoms with Crippen molar-refractivity contribution in [2.45, 2.75) is 11.8 Å². The maximum Gasteiger partial charge on any atom is 0.238 e. The van der Waals surface area contributed by atoms with Gasteiger partial charge in [-0.25, -0.2) is 0 Å². The fraction of sp³-hybridized carbons (Fsp3) is 0.385. The number of benzene rings is 1. The van der Waals surface area contributed by atoms with Gasteiger partial charge >= 0.3 is 0 Å². The highest BCUT2D eigenvalue weighted by atomic mass is 16.5. The van der Waals surface area contributed by atoms with Gasteiger partial charge < -0.3 is 9.64 Å². The molecule has 1 aliphatic heterocycles. The van der Waals surface area contributed by atoms with E-state index in [-0.39, 0.29) is 11.8 Å². The fourth-order valence-corrected chi connectivity index (χ4v) is 2.77. The summed E-state index contributed by atoms with van der Waals surface area (Å²) >= 11 is 0. The van der Waals surface area contributed by atoms with Gasteiger partial charge in [0.15, 0.2) is 0 Å². The molecule has 0 N–H and O–H groups in total. The van der Waals surface area contributed by atoms with E-state index in [4.69, 9.17) is 10.00 Å². The minimum absolute atomic E-state index is 0.0345. The average molecular weight is 228 g/mol. The second kappa shape index (κ2) is 3.01. The molecule has 1 amide bonds. The Kier molecular flexibility index (Phi) is 1.80. The Bertz CT molecular complexity index is 561. The molecule has 86 valence electrons. The van der Waals surface area contributed by atoms with Crippen molar-refractivity contribution in [1.29, 1.82) is 5.26 Å². The van der Waals surface area contributed by atoms with Crippen LogP contribution in [0.3, 0.4) is 0 Å². The number of nitrogens with zero attached hydrogens (tertiary/aromatic N) is 2. The van der Waals surface area contributed by atoms with Crippen LogP contribution in [0.25, 0.3) is 0 Å². The summed E-state index contributed by atoms with van der Waals surface area (Å²) < 4.78 is 5.19. The predicted molar refractivity (Wildman–Crippen MR) is 61.8 cm³/mol. The van der Waals surface area contributed by atoms with Crippen molar-refractivity contribution in [3.05, 3.63) is 23.8 Å². The summed E-state index contributed by atoms with van der Waals surface area (Å²) in [5, 5.41) is 9.04. The zero-order valence-electron chi connectivity index (χ0n) is 9.73. The van der Waals surface area contributed by atoms with Gasteiger partial charge in [0, 0.05) is 12.7 Å². The number of carbonyl (C=O) groups excluding carboxylic acids is 1. The molecule has 1 spiro atoms. The van der Waals surface area contributed by atoms with E-state index in [0.29, 0.717) is 6.42 Å². The Morgan fingerprint density at radius 3 is 2.94 bits per heavy atom. The van der Waals surface area contributed by atoms with Gasteiger partial charge in [-0.05, 0) is 30.2 Å². The summed E-state index contributed by atoms with van der Waals surface area (Å²) in [6.07, 6.45) is 0.632. The lowest BCUT2D eigenvalue weighted by Gasteiger charge is -2.09. The number of fused-ring (bicyclic) bond motifs is 2. The highest BCUT2D eigenvalue weighted by molar-refractivity contribution is 6.10. The minimum Gasteiger partial charge on any atom is -0.497 e. The Balaban J connectivity index is 2.19. The van der Waals surface area contributed by atoms with Gasteiger partial charge in [-0.1, -0.05) is 0 Å². The number of amides is 1. The van der Waals surface area contributed by atoms with Crippen molar-refractivity contribution in [2.75, 3.05) is 19.1 Å². The molecule has 1 saturated carbocycles. The molecule has 1 fully saturated rings. The van der Waals surface area contributed by atoms with Gasteiger partial charge in [0.1, 0.15) is 5.75 Å². The van der Waals surface area contributed by atoms with E-state index >= 15 is 0 Å². The Morgan fingerprint density at radius 1 is 1.59 bits per heavy atom. The number of methoxy groups -OCH3 is 1. The largest absolute Gasteiger partial charge is 0.497 e. The monoisotopic (exact) mass is 228 g/mol.